The molecule has 1 aromatic rings. The topological polar surface area (TPSA) is 78.5 Å². The number of imide groups is 1. The van der Waals surface area contributed by atoms with E-state index in [4.69, 9.17) is 0 Å². The molecule has 0 saturated carbocycles. The average molecular weight is 319 g/mol. The van der Waals surface area contributed by atoms with Crippen molar-refractivity contribution in [3.05, 3.63) is 29.6 Å². The minimum absolute atomic E-state index is 0.273. The van der Waals surface area contributed by atoms with E-state index in [2.05, 4.69) is 5.32 Å². The van der Waals surface area contributed by atoms with E-state index in [9.17, 15) is 31.9 Å². The van der Waals surface area contributed by atoms with Crippen LogP contribution in [0.2, 0.25) is 0 Å². The normalized spacial score (nSPS) is 15.0. The molecule has 0 aromatic heterocycles. The van der Waals surface area contributed by atoms with Crippen molar-refractivity contribution in [2.75, 3.05) is 18.4 Å². The van der Waals surface area contributed by atoms with Gasteiger partial charge in [-0.05, 0) is 18.2 Å². The number of halogens is 4. The lowest BCUT2D eigenvalue weighted by Crippen LogP contribution is -2.35. The smallest absolute Gasteiger partial charge is 0.325 e. The maximum atomic E-state index is 13.1. The van der Waals surface area contributed by atoms with Crippen molar-refractivity contribution in [2.24, 2.45) is 0 Å². The van der Waals surface area contributed by atoms with Crippen LogP contribution >= 0.6 is 0 Å². The second-order valence-corrected chi connectivity index (χ2v) is 4.45. The summed E-state index contributed by atoms with van der Waals surface area (Å²) in [4.78, 5) is 34.7. The molecule has 2 rings (SSSR count). The lowest BCUT2D eigenvalue weighted by Gasteiger charge is -2.14. The number of benzene rings is 1. The Balaban J connectivity index is 2.06. The van der Waals surface area contributed by atoms with E-state index >= 15 is 0 Å². The molecule has 0 bridgehead atoms. The van der Waals surface area contributed by atoms with E-state index in [1.54, 1.807) is 0 Å². The van der Waals surface area contributed by atoms with Gasteiger partial charge in [-0.3, -0.25) is 14.9 Å². The van der Waals surface area contributed by atoms with Gasteiger partial charge in [-0.1, -0.05) is 0 Å². The number of hydrogen-bond acceptors (Lipinski definition) is 3. The minimum Gasteiger partial charge on any atom is -0.325 e. The third-order valence-corrected chi connectivity index (χ3v) is 2.76. The fourth-order valence-electron chi connectivity index (χ4n) is 1.80. The van der Waals surface area contributed by atoms with E-state index in [-0.39, 0.29) is 12.2 Å². The molecule has 1 fully saturated rings. The van der Waals surface area contributed by atoms with Gasteiger partial charge < -0.3 is 10.2 Å². The van der Waals surface area contributed by atoms with Crippen LogP contribution in [0.1, 0.15) is 5.56 Å². The number of anilines is 1. The highest BCUT2D eigenvalue weighted by Gasteiger charge is 2.34. The molecule has 2 N–H and O–H groups in total. The van der Waals surface area contributed by atoms with Crippen molar-refractivity contribution >= 4 is 23.5 Å². The molecule has 1 aromatic carbocycles. The lowest BCUT2D eigenvalue weighted by molar-refractivity contribution is -0.140. The first-order chi connectivity index (χ1) is 10.2. The third kappa shape index (κ3) is 3.51. The third-order valence-electron chi connectivity index (χ3n) is 2.76. The number of amides is 4. The molecule has 0 unspecified atom stereocenters. The van der Waals surface area contributed by atoms with Crippen molar-refractivity contribution in [3.8, 4) is 0 Å². The van der Waals surface area contributed by atoms with Gasteiger partial charge in [0.05, 0.1) is 5.56 Å². The Morgan fingerprint density at radius 2 is 2.00 bits per heavy atom. The fraction of sp³-hybridized carbons (Fsp3) is 0.250. The van der Waals surface area contributed by atoms with Gasteiger partial charge in [-0.15, -0.1) is 0 Å². The van der Waals surface area contributed by atoms with Crippen LogP contribution in [0.25, 0.3) is 0 Å². The first-order valence-corrected chi connectivity index (χ1v) is 5.92. The van der Waals surface area contributed by atoms with Gasteiger partial charge in [0.2, 0.25) is 11.8 Å². The molecule has 1 aliphatic rings. The summed E-state index contributed by atoms with van der Waals surface area (Å²) >= 11 is 0. The predicted octanol–water partition coefficient (Wildman–Crippen LogP) is 1.33. The van der Waals surface area contributed by atoms with Gasteiger partial charge in [0.25, 0.3) is 0 Å². The van der Waals surface area contributed by atoms with Crippen LogP contribution < -0.4 is 10.6 Å². The van der Waals surface area contributed by atoms with E-state index < -0.39 is 41.9 Å². The van der Waals surface area contributed by atoms with E-state index in [1.807, 2.05) is 5.32 Å². The summed E-state index contributed by atoms with van der Waals surface area (Å²) in [7, 11) is 0. The van der Waals surface area contributed by atoms with E-state index in [0.29, 0.717) is 12.1 Å². The number of rotatable bonds is 3. The van der Waals surface area contributed by atoms with Gasteiger partial charge in [-0.25, -0.2) is 9.18 Å². The molecule has 1 saturated heterocycles. The second kappa shape index (κ2) is 5.62. The van der Waals surface area contributed by atoms with Crippen molar-refractivity contribution in [1.82, 2.24) is 10.2 Å². The van der Waals surface area contributed by atoms with Gasteiger partial charge >= 0.3 is 12.2 Å². The Morgan fingerprint density at radius 1 is 1.32 bits per heavy atom. The summed E-state index contributed by atoms with van der Waals surface area (Å²) in [5.74, 6) is -2.86. The molecular weight excluding hydrogens is 310 g/mol. The van der Waals surface area contributed by atoms with Crippen LogP contribution in [-0.2, 0) is 15.8 Å². The van der Waals surface area contributed by atoms with Crippen LogP contribution in [0, 0.1) is 5.82 Å². The standard InChI is InChI=1S/C12H9F4N3O3/c13-8-2-1-6(3-7(8)12(14,15)16)17-9(20)4-19-5-10(21)18-11(19)22/h1-3H,4-5H2,(H,17,20)(H,18,21,22). The summed E-state index contributed by atoms with van der Waals surface area (Å²) in [6.45, 7) is -0.834. The molecule has 0 radical (unpaired) electrons. The Kier molecular flexibility index (Phi) is 4.02. The number of alkyl halides is 3. The van der Waals surface area contributed by atoms with E-state index in [0.717, 1.165) is 11.0 Å². The first kappa shape index (κ1) is 15.7. The van der Waals surface area contributed by atoms with E-state index in [1.165, 1.54) is 0 Å². The summed E-state index contributed by atoms with van der Waals surface area (Å²) in [6, 6.07) is 1.21. The molecule has 0 aliphatic carbocycles. The van der Waals surface area contributed by atoms with Crippen LogP contribution in [0.4, 0.5) is 28.0 Å². The number of nitrogens with one attached hydrogen (secondary N) is 2. The summed E-state index contributed by atoms with van der Waals surface area (Å²) in [5.41, 5.74) is -1.79. The van der Waals surface area contributed by atoms with Crippen molar-refractivity contribution in [3.63, 3.8) is 0 Å². The monoisotopic (exact) mass is 319 g/mol. The Bertz CT molecular complexity index is 645. The number of hydrogen-bond donors (Lipinski definition) is 2. The maximum absolute atomic E-state index is 13.1. The molecule has 118 valence electrons. The molecule has 1 aliphatic heterocycles. The quantitative estimate of drug-likeness (QED) is 0.652. The van der Waals surface area contributed by atoms with Crippen molar-refractivity contribution in [2.45, 2.75) is 6.18 Å². The molecule has 0 spiro atoms. The molecule has 4 amide bonds. The van der Waals surface area contributed by atoms with Gasteiger partial charge in [0, 0.05) is 5.69 Å². The van der Waals surface area contributed by atoms with Gasteiger partial charge in [-0.2, -0.15) is 13.2 Å². The first-order valence-electron chi connectivity index (χ1n) is 5.92. The zero-order valence-electron chi connectivity index (χ0n) is 10.8. The second-order valence-electron chi connectivity index (χ2n) is 4.45. The Labute approximate surface area is 121 Å². The summed E-state index contributed by atoms with van der Waals surface area (Å²) < 4.78 is 50.7. The minimum atomic E-state index is -4.90. The Hall–Kier alpha value is -2.65. The number of nitrogens with zero attached hydrogens (tertiary/aromatic N) is 1. The average Bonchev–Trinajstić information content (AvgIpc) is 2.68. The highest BCUT2D eigenvalue weighted by Crippen LogP contribution is 2.32. The van der Waals surface area contributed by atoms with Crippen molar-refractivity contribution in [1.29, 1.82) is 0 Å². The SMILES string of the molecule is O=C1CN(CC(=O)Nc2ccc(F)c(C(F)(F)F)c2)C(=O)N1. The largest absolute Gasteiger partial charge is 0.419 e. The van der Waals surface area contributed by atoms with Crippen molar-refractivity contribution < 1.29 is 31.9 Å². The van der Waals surface area contributed by atoms with Crippen LogP contribution in [0.3, 0.4) is 0 Å². The van der Waals surface area contributed by atoms with Crippen LogP contribution in [0.5, 0.6) is 0 Å². The molecule has 1 heterocycles. The highest BCUT2D eigenvalue weighted by molar-refractivity contribution is 6.04. The zero-order chi connectivity index (χ0) is 16.5. The summed E-state index contributed by atoms with van der Waals surface area (Å²) in [5, 5.41) is 4.05. The summed E-state index contributed by atoms with van der Waals surface area (Å²) in [6.07, 6.45) is -4.90. The molecule has 22 heavy (non-hydrogen) atoms. The Morgan fingerprint density at radius 3 is 2.55 bits per heavy atom. The molecular formula is C12H9F4N3O3. The fourth-order valence-corrected chi connectivity index (χ4v) is 1.80. The highest BCUT2D eigenvalue weighted by atomic mass is 19.4. The van der Waals surface area contributed by atoms with Crippen LogP contribution in [-0.4, -0.2) is 35.8 Å². The lowest BCUT2D eigenvalue weighted by atomic mass is 10.2. The molecule has 0 atom stereocenters. The number of carbonyl (C=O) groups excluding carboxylic acids is 3. The predicted molar refractivity (Wildman–Crippen MR) is 65.1 cm³/mol. The van der Waals surface area contributed by atoms with Gasteiger partial charge in [0.15, 0.2) is 0 Å². The number of urea groups is 1. The molecule has 10 heteroatoms. The zero-order valence-corrected chi connectivity index (χ0v) is 10.8. The maximum Gasteiger partial charge on any atom is 0.419 e. The number of carbonyl (C=O) groups is 3. The molecule has 6 nitrogen and oxygen atoms in total. The van der Waals surface area contributed by atoms with Gasteiger partial charge in [0.1, 0.15) is 18.9 Å². The van der Waals surface area contributed by atoms with Crippen LogP contribution in [0.15, 0.2) is 18.2 Å².